The van der Waals surface area contributed by atoms with Crippen LogP contribution in [-0.4, -0.2) is 22.7 Å². The van der Waals surface area contributed by atoms with E-state index in [0.29, 0.717) is 17.9 Å². The molecule has 2 N–H and O–H groups in total. The van der Waals surface area contributed by atoms with Crippen LogP contribution < -0.4 is 5.32 Å². The van der Waals surface area contributed by atoms with Crippen molar-refractivity contribution in [2.24, 2.45) is 5.92 Å². The van der Waals surface area contributed by atoms with Gasteiger partial charge in [0.1, 0.15) is 11.9 Å². The molecule has 1 fully saturated rings. The summed E-state index contributed by atoms with van der Waals surface area (Å²) in [6.45, 7) is 2.59. The number of aliphatic hydroxyl groups is 1. The van der Waals surface area contributed by atoms with Gasteiger partial charge in [0.25, 0.3) is 0 Å². The average Bonchev–Trinajstić information content (AvgIpc) is 2.72. The van der Waals surface area contributed by atoms with Gasteiger partial charge in [-0.25, -0.2) is 4.98 Å². The van der Waals surface area contributed by atoms with Crippen molar-refractivity contribution in [1.82, 2.24) is 4.98 Å². The molecule has 2 unspecified atom stereocenters. The maximum Gasteiger partial charge on any atom is 0.144 e. The van der Waals surface area contributed by atoms with Gasteiger partial charge in [-0.2, -0.15) is 5.26 Å². The Balaban J connectivity index is 2.04. The third-order valence-corrected chi connectivity index (χ3v) is 3.42. The first-order chi connectivity index (χ1) is 8.22. The summed E-state index contributed by atoms with van der Waals surface area (Å²) in [6.07, 6.45) is 4.50. The summed E-state index contributed by atoms with van der Waals surface area (Å²) in [5.74, 6) is 0.912. The Hall–Kier alpha value is -1.60. The van der Waals surface area contributed by atoms with Crippen LogP contribution >= 0.6 is 0 Å². The molecule has 0 aromatic carbocycles. The monoisotopic (exact) mass is 231 g/mol. The molecule has 4 nitrogen and oxygen atoms in total. The molecule has 0 bridgehead atoms. The predicted octanol–water partition coefficient (Wildman–Crippen LogP) is 1.83. The number of aliphatic hydroxyl groups excluding tert-OH is 1. The fourth-order valence-electron chi connectivity index (χ4n) is 2.32. The van der Waals surface area contributed by atoms with Crippen LogP contribution in [0.3, 0.4) is 0 Å². The lowest BCUT2D eigenvalue weighted by molar-refractivity contribution is 0.138. The summed E-state index contributed by atoms with van der Waals surface area (Å²) < 4.78 is 0. The van der Waals surface area contributed by atoms with Crippen molar-refractivity contribution >= 4 is 5.82 Å². The zero-order chi connectivity index (χ0) is 12.3. The molecule has 90 valence electrons. The van der Waals surface area contributed by atoms with Gasteiger partial charge in [-0.15, -0.1) is 0 Å². The topological polar surface area (TPSA) is 68.9 Å². The van der Waals surface area contributed by atoms with E-state index in [1.54, 1.807) is 6.20 Å². The first-order valence-electron chi connectivity index (χ1n) is 6.00. The Kier molecular flexibility index (Phi) is 3.60. The van der Waals surface area contributed by atoms with Crippen molar-refractivity contribution in [2.45, 2.75) is 32.3 Å². The van der Waals surface area contributed by atoms with Crippen LogP contribution in [0.5, 0.6) is 0 Å². The summed E-state index contributed by atoms with van der Waals surface area (Å²) in [7, 11) is 0. The van der Waals surface area contributed by atoms with Gasteiger partial charge in [-0.1, -0.05) is 6.42 Å². The molecule has 17 heavy (non-hydrogen) atoms. The number of rotatable bonds is 3. The number of pyridine rings is 1. The van der Waals surface area contributed by atoms with E-state index in [-0.39, 0.29) is 12.0 Å². The van der Waals surface area contributed by atoms with E-state index < -0.39 is 0 Å². The van der Waals surface area contributed by atoms with E-state index in [1.807, 2.05) is 13.0 Å². The van der Waals surface area contributed by atoms with Crippen LogP contribution in [0.4, 0.5) is 5.82 Å². The Labute approximate surface area is 101 Å². The van der Waals surface area contributed by atoms with Crippen LogP contribution in [0.15, 0.2) is 12.3 Å². The van der Waals surface area contributed by atoms with Crippen molar-refractivity contribution in [3.63, 3.8) is 0 Å². The summed E-state index contributed by atoms with van der Waals surface area (Å²) in [4.78, 5) is 4.18. The Bertz CT molecular complexity index is 439. The molecule has 0 amide bonds. The highest BCUT2D eigenvalue weighted by atomic mass is 16.3. The molecule has 2 atom stereocenters. The van der Waals surface area contributed by atoms with Crippen molar-refractivity contribution < 1.29 is 5.11 Å². The largest absolute Gasteiger partial charge is 0.393 e. The second-order valence-electron chi connectivity index (χ2n) is 4.60. The predicted molar refractivity (Wildman–Crippen MR) is 65.5 cm³/mol. The number of nitrogens with one attached hydrogen (secondary N) is 1. The average molecular weight is 231 g/mol. The first-order valence-corrected chi connectivity index (χ1v) is 6.00. The number of anilines is 1. The lowest BCUT2D eigenvalue weighted by atomic mass is 10.1. The summed E-state index contributed by atoms with van der Waals surface area (Å²) in [6, 6.07) is 3.99. The first kappa shape index (κ1) is 11.9. The second-order valence-corrected chi connectivity index (χ2v) is 4.60. The normalized spacial score (nSPS) is 23.4. The molecule has 1 saturated carbocycles. The van der Waals surface area contributed by atoms with Crippen molar-refractivity contribution in [3.05, 3.63) is 23.4 Å². The van der Waals surface area contributed by atoms with E-state index in [4.69, 9.17) is 5.26 Å². The minimum Gasteiger partial charge on any atom is -0.393 e. The minimum atomic E-state index is -0.210. The fourth-order valence-corrected chi connectivity index (χ4v) is 2.32. The SMILES string of the molecule is Cc1ccnc(NCC2CCCC2O)c1C#N. The lowest BCUT2D eigenvalue weighted by Gasteiger charge is -2.16. The Morgan fingerprint density at radius 1 is 1.59 bits per heavy atom. The van der Waals surface area contributed by atoms with Crippen LogP contribution in [0.25, 0.3) is 0 Å². The highest BCUT2D eigenvalue weighted by Crippen LogP contribution is 2.26. The molecular weight excluding hydrogens is 214 g/mol. The van der Waals surface area contributed by atoms with E-state index in [9.17, 15) is 5.11 Å². The summed E-state index contributed by atoms with van der Waals surface area (Å²) >= 11 is 0. The van der Waals surface area contributed by atoms with Crippen molar-refractivity contribution in [3.8, 4) is 6.07 Å². The third kappa shape index (κ3) is 2.56. The van der Waals surface area contributed by atoms with Crippen molar-refractivity contribution in [2.75, 3.05) is 11.9 Å². The van der Waals surface area contributed by atoms with Crippen LogP contribution in [-0.2, 0) is 0 Å². The molecule has 0 radical (unpaired) electrons. The molecule has 4 heteroatoms. The van der Waals surface area contributed by atoms with Gasteiger partial charge >= 0.3 is 0 Å². The Morgan fingerprint density at radius 2 is 2.41 bits per heavy atom. The summed E-state index contributed by atoms with van der Waals surface area (Å²) in [5, 5.41) is 22.0. The number of aryl methyl sites for hydroxylation is 1. The van der Waals surface area contributed by atoms with Crippen LogP contribution in [0.2, 0.25) is 0 Å². The standard InChI is InChI=1S/C13H17N3O/c1-9-5-6-15-13(11(9)7-14)16-8-10-3-2-4-12(10)17/h5-6,10,12,17H,2-4,8H2,1H3,(H,15,16). The molecular formula is C13H17N3O. The molecule has 1 aromatic rings. The van der Waals surface area contributed by atoms with Crippen molar-refractivity contribution in [1.29, 1.82) is 5.26 Å². The van der Waals surface area contributed by atoms with Gasteiger partial charge in [-0.3, -0.25) is 0 Å². The van der Waals surface area contributed by atoms with Gasteiger partial charge in [-0.05, 0) is 31.4 Å². The number of hydrogen-bond acceptors (Lipinski definition) is 4. The number of nitrogens with zero attached hydrogens (tertiary/aromatic N) is 2. The zero-order valence-electron chi connectivity index (χ0n) is 9.98. The second kappa shape index (κ2) is 5.15. The summed E-state index contributed by atoms with van der Waals surface area (Å²) in [5.41, 5.74) is 1.52. The van der Waals surface area contributed by atoms with Gasteiger partial charge in [0.05, 0.1) is 11.7 Å². The smallest absolute Gasteiger partial charge is 0.144 e. The molecule has 1 aromatic heterocycles. The number of hydrogen-bond donors (Lipinski definition) is 2. The van der Waals surface area contributed by atoms with E-state index in [2.05, 4.69) is 16.4 Å². The van der Waals surface area contributed by atoms with E-state index in [1.165, 1.54) is 0 Å². The highest BCUT2D eigenvalue weighted by Gasteiger charge is 2.25. The molecule has 0 saturated heterocycles. The van der Waals surface area contributed by atoms with E-state index >= 15 is 0 Å². The minimum absolute atomic E-state index is 0.210. The molecule has 0 spiro atoms. The quantitative estimate of drug-likeness (QED) is 0.832. The highest BCUT2D eigenvalue weighted by molar-refractivity contribution is 5.55. The third-order valence-electron chi connectivity index (χ3n) is 3.42. The number of aromatic nitrogens is 1. The maximum absolute atomic E-state index is 9.72. The van der Waals surface area contributed by atoms with Crippen LogP contribution in [0, 0.1) is 24.2 Å². The van der Waals surface area contributed by atoms with Gasteiger partial charge in [0.15, 0.2) is 0 Å². The van der Waals surface area contributed by atoms with Gasteiger partial charge in [0, 0.05) is 18.7 Å². The molecule has 0 aliphatic heterocycles. The zero-order valence-corrected chi connectivity index (χ0v) is 9.98. The molecule has 1 aliphatic carbocycles. The molecule has 1 aliphatic rings. The maximum atomic E-state index is 9.72. The Morgan fingerprint density at radius 3 is 3.06 bits per heavy atom. The number of nitriles is 1. The van der Waals surface area contributed by atoms with Gasteiger partial charge < -0.3 is 10.4 Å². The van der Waals surface area contributed by atoms with Gasteiger partial charge in [0.2, 0.25) is 0 Å². The molecule has 1 heterocycles. The lowest BCUT2D eigenvalue weighted by Crippen LogP contribution is -2.22. The molecule has 2 rings (SSSR count). The fraction of sp³-hybridized carbons (Fsp3) is 0.538. The van der Waals surface area contributed by atoms with E-state index in [0.717, 1.165) is 24.8 Å². The van der Waals surface area contributed by atoms with Crippen LogP contribution in [0.1, 0.15) is 30.4 Å².